The lowest BCUT2D eigenvalue weighted by atomic mass is 9.88. The van der Waals surface area contributed by atoms with E-state index < -0.39 is 0 Å². The minimum Gasteiger partial charge on any atom is -0.486 e. The number of hydrogen-bond acceptors (Lipinski definition) is 6. The van der Waals surface area contributed by atoms with Crippen LogP contribution in [0.1, 0.15) is 52.1 Å². The number of carbonyl (C=O) groups excluding carboxylic acids is 2. The summed E-state index contributed by atoms with van der Waals surface area (Å²) >= 11 is 1.40. The van der Waals surface area contributed by atoms with Crippen molar-refractivity contribution in [1.29, 1.82) is 0 Å². The Balaban J connectivity index is 1.33. The first-order valence-corrected chi connectivity index (χ1v) is 13.0. The lowest BCUT2D eigenvalue weighted by Crippen LogP contribution is -2.51. The Morgan fingerprint density at radius 2 is 2.08 bits per heavy atom. The summed E-state index contributed by atoms with van der Waals surface area (Å²) in [7, 11) is 0. The number of ether oxygens (including phenoxy) is 1. The van der Waals surface area contributed by atoms with E-state index in [4.69, 9.17) is 4.74 Å². The first-order valence-electron chi connectivity index (χ1n) is 12.1. The molecule has 2 unspecified atom stereocenters. The number of halogens is 1. The van der Waals surface area contributed by atoms with E-state index >= 15 is 0 Å². The molecule has 0 saturated carbocycles. The topological polar surface area (TPSA) is 74.8 Å². The van der Waals surface area contributed by atoms with Gasteiger partial charge in [0, 0.05) is 44.5 Å². The van der Waals surface area contributed by atoms with Gasteiger partial charge >= 0.3 is 0 Å². The Bertz CT molecular complexity index is 1280. The Morgan fingerprint density at radius 3 is 2.86 bits per heavy atom. The molecule has 3 heterocycles. The van der Waals surface area contributed by atoms with Gasteiger partial charge in [0.05, 0.1) is 6.04 Å². The van der Waals surface area contributed by atoms with Crippen molar-refractivity contribution in [3.05, 3.63) is 81.1 Å². The number of hydrogen-bond donors (Lipinski definition) is 1. The van der Waals surface area contributed by atoms with Gasteiger partial charge < -0.3 is 19.9 Å². The van der Waals surface area contributed by atoms with E-state index in [1.54, 1.807) is 23.3 Å². The average Bonchev–Trinajstić information content (AvgIpc) is 3.35. The van der Waals surface area contributed by atoms with E-state index in [9.17, 15) is 14.0 Å². The second-order valence-corrected chi connectivity index (χ2v) is 10.2. The third-order valence-corrected chi connectivity index (χ3v) is 7.53. The summed E-state index contributed by atoms with van der Waals surface area (Å²) in [5.41, 5.74) is 3.22. The molecule has 2 atom stereocenters. The summed E-state index contributed by atoms with van der Waals surface area (Å²) in [6.45, 7) is 6.53. The van der Waals surface area contributed by atoms with Crippen molar-refractivity contribution in [3.8, 4) is 5.75 Å². The predicted octanol–water partition coefficient (Wildman–Crippen LogP) is 3.79. The molecule has 1 N–H and O–H groups in total. The molecular formula is C27H29FN4O3S. The number of thiazole rings is 1. The van der Waals surface area contributed by atoms with Crippen molar-refractivity contribution in [2.24, 2.45) is 0 Å². The fraction of sp³-hybridized carbons (Fsp3) is 0.370. The fourth-order valence-electron chi connectivity index (χ4n) is 4.96. The van der Waals surface area contributed by atoms with Gasteiger partial charge in [0.25, 0.3) is 5.91 Å². The smallest absolute Gasteiger partial charge is 0.273 e. The van der Waals surface area contributed by atoms with Crippen LogP contribution < -0.4 is 10.1 Å². The monoisotopic (exact) mass is 508 g/mol. The van der Waals surface area contributed by atoms with Gasteiger partial charge in [0.1, 0.15) is 28.9 Å². The van der Waals surface area contributed by atoms with E-state index in [1.165, 1.54) is 23.5 Å². The number of amides is 2. The molecule has 9 heteroatoms. The minimum absolute atomic E-state index is 0.0538. The molecule has 5 rings (SSSR count). The van der Waals surface area contributed by atoms with Crippen LogP contribution in [0.2, 0.25) is 0 Å². The Labute approximate surface area is 213 Å². The molecule has 2 amide bonds. The van der Waals surface area contributed by atoms with Crippen LogP contribution >= 0.6 is 11.3 Å². The number of carbonyl (C=O) groups is 2. The highest BCUT2D eigenvalue weighted by Gasteiger charge is 2.31. The summed E-state index contributed by atoms with van der Waals surface area (Å²) in [6, 6.07) is 12.1. The highest BCUT2D eigenvalue weighted by atomic mass is 32.1. The Morgan fingerprint density at radius 1 is 1.22 bits per heavy atom. The van der Waals surface area contributed by atoms with Gasteiger partial charge in [0.2, 0.25) is 5.91 Å². The van der Waals surface area contributed by atoms with Crippen molar-refractivity contribution in [1.82, 2.24) is 20.1 Å². The lowest BCUT2D eigenvalue weighted by Gasteiger charge is -2.37. The van der Waals surface area contributed by atoms with E-state index in [1.807, 2.05) is 29.2 Å². The predicted molar refractivity (Wildman–Crippen MR) is 136 cm³/mol. The number of fused-ring (bicyclic) bond motifs is 1. The van der Waals surface area contributed by atoms with Crippen LogP contribution in [0.5, 0.6) is 5.75 Å². The third-order valence-electron chi connectivity index (χ3n) is 6.70. The molecule has 1 aromatic heterocycles. The van der Waals surface area contributed by atoms with Crippen molar-refractivity contribution < 1.29 is 18.7 Å². The Kier molecular flexibility index (Phi) is 7.02. The van der Waals surface area contributed by atoms with Crippen LogP contribution in [-0.2, 0) is 17.8 Å². The molecule has 0 spiro atoms. The van der Waals surface area contributed by atoms with Gasteiger partial charge in [0.15, 0.2) is 0 Å². The maximum Gasteiger partial charge on any atom is 0.273 e. The lowest BCUT2D eigenvalue weighted by molar-refractivity contribution is -0.130. The van der Waals surface area contributed by atoms with E-state index in [0.717, 1.165) is 29.7 Å². The van der Waals surface area contributed by atoms with Gasteiger partial charge in [-0.15, -0.1) is 11.3 Å². The normalized spacial score (nSPS) is 19.6. The van der Waals surface area contributed by atoms with Crippen LogP contribution in [0.15, 0.2) is 47.8 Å². The molecule has 7 nitrogen and oxygen atoms in total. The number of nitrogens with zero attached hydrogens (tertiary/aromatic N) is 3. The zero-order valence-corrected chi connectivity index (χ0v) is 21.2. The summed E-state index contributed by atoms with van der Waals surface area (Å²) < 4.78 is 20.1. The fourth-order valence-corrected chi connectivity index (χ4v) is 5.64. The van der Waals surface area contributed by atoms with Gasteiger partial charge in [-0.1, -0.05) is 18.2 Å². The molecule has 1 saturated heterocycles. The molecule has 0 bridgehead atoms. The SMILES string of the molecule is CC(=O)N1CCc2ccc(OCc3nc(C(=O)N4CCNC(C)C4)cs3)cc2C1c1cccc(F)c1. The maximum absolute atomic E-state index is 14.0. The second-order valence-electron chi connectivity index (χ2n) is 9.30. The summed E-state index contributed by atoms with van der Waals surface area (Å²) in [6.07, 6.45) is 0.726. The maximum atomic E-state index is 14.0. The molecule has 2 aromatic carbocycles. The zero-order valence-electron chi connectivity index (χ0n) is 20.4. The molecular weight excluding hydrogens is 479 g/mol. The summed E-state index contributed by atoms with van der Waals surface area (Å²) in [5, 5.41) is 5.83. The second kappa shape index (κ2) is 10.4. The quantitative estimate of drug-likeness (QED) is 0.568. The third kappa shape index (κ3) is 5.12. The van der Waals surface area contributed by atoms with Crippen molar-refractivity contribution in [2.45, 2.75) is 39.0 Å². The Hall–Kier alpha value is -3.30. The molecule has 0 radical (unpaired) electrons. The van der Waals surface area contributed by atoms with Crippen molar-refractivity contribution >= 4 is 23.2 Å². The number of piperazine rings is 1. The van der Waals surface area contributed by atoms with Crippen LogP contribution in [0.25, 0.3) is 0 Å². The van der Waals surface area contributed by atoms with E-state index in [2.05, 4.69) is 17.2 Å². The molecule has 3 aromatic rings. The van der Waals surface area contributed by atoms with E-state index in [0.29, 0.717) is 36.1 Å². The largest absolute Gasteiger partial charge is 0.486 e. The molecule has 1 fully saturated rings. The van der Waals surface area contributed by atoms with E-state index in [-0.39, 0.29) is 36.3 Å². The summed E-state index contributed by atoms with van der Waals surface area (Å²) in [5.74, 6) is 0.196. The van der Waals surface area contributed by atoms with Gasteiger partial charge in [-0.2, -0.15) is 0 Å². The van der Waals surface area contributed by atoms with Gasteiger partial charge in [-0.3, -0.25) is 9.59 Å². The summed E-state index contributed by atoms with van der Waals surface area (Å²) in [4.78, 5) is 33.4. The highest BCUT2D eigenvalue weighted by molar-refractivity contribution is 7.09. The van der Waals surface area contributed by atoms with Crippen LogP contribution in [0, 0.1) is 5.82 Å². The van der Waals surface area contributed by atoms with Crippen LogP contribution in [0.4, 0.5) is 4.39 Å². The van der Waals surface area contributed by atoms with Gasteiger partial charge in [-0.25, -0.2) is 9.37 Å². The van der Waals surface area contributed by atoms with Crippen LogP contribution in [-0.4, -0.2) is 58.8 Å². The van der Waals surface area contributed by atoms with Crippen LogP contribution in [0.3, 0.4) is 0 Å². The molecule has 2 aliphatic rings. The molecule has 2 aliphatic heterocycles. The minimum atomic E-state index is -0.379. The van der Waals surface area contributed by atoms with Gasteiger partial charge in [-0.05, 0) is 54.3 Å². The number of aromatic nitrogens is 1. The average molecular weight is 509 g/mol. The molecule has 0 aliphatic carbocycles. The first kappa shape index (κ1) is 24.4. The van der Waals surface area contributed by atoms with Crippen molar-refractivity contribution in [2.75, 3.05) is 26.2 Å². The number of nitrogens with one attached hydrogen (secondary N) is 1. The first-order chi connectivity index (χ1) is 17.4. The molecule has 188 valence electrons. The van der Waals surface area contributed by atoms with Crippen molar-refractivity contribution in [3.63, 3.8) is 0 Å². The number of benzene rings is 2. The molecule has 36 heavy (non-hydrogen) atoms. The number of rotatable bonds is 5. The zero-order chi connectivity index (χ0) is 25.2. The highest BCUT2D eigenvalue weighted by Crippen LogP contribution is 2.37. The standard InChI is InChI=1S/C27H29FN4O3S/c1-17-14-31(11-9-29-17)27(34)24-16-36-25(30-24)15-35-22-7-6-19-8-10-32(18(2)33)26(23(19)13-22)20-4-3-5-21(28)12-20/h3-7,12-13,16-17,26,29H,8-11,14-15H2,1-2H3.